The number of rotatable bonds is 4. The molecule has 5 nitrogen and oxygen atoms in total. The van der Waals surface area contributed by atoms with Gasteiger partial charge in [0.05, 0.1) is 18.6 Å². The fraction of sp³-hybridized carbons (Fsp3) is 0.111. The maximum atomic E-state index is 12.5. The molecule has 25 heavy (non-hydrogen) atoms. The van der Waals surface area contributed by atoms with Crippen molar-refractivity contribution in [1.82, 2.24) is 4.90 Å². The monoisotopic (exact) mass is 419 g/mol. The third-order valence-corrected chi connectivity index (χ3v) is 5.06. The zero-order valence-electron chi connectivity index (χ0n) is 13.2. The number of nitrogens with zero attached hydrogens (tertiary/aromatic N) is 1. The summed E-state index contributed by atoms with van der Waals surface area (Å²) in [6.45, 7) is 0.225. The summed E-state index contributed by atoms with van der Waals surface area (Å²) in [5, 5.41) is 9.52. The largest absolute Gasteiger partial charge is 0.504 e. The molecule has 1 N–H and O–H groups in total. The van der Waals surface area contributed by atoms with E-state index in [1.165, 1.54) is 18.1 Å². The highest BCUT2D eigenvalue weighted by Crippen LogP contribution is 2.35. The molecule has 0 unspecified atom stereocenters. The van der Waals surface area contributed by atoms with Crippen LogP contribution in [0, 0.1) is 0 Å². The van der Waals surface area contributed by atoms with Crippen molar-refractivity contribution in [3.05, 3.63) is 63.0 Å². The van der Waals surface area contributed by atoms with Gasteiger partial charge in [0, 0.05) is 4.47 Å². The van der Waals surface area contributed by atoms with Gasteiger partial charge in [-0.2, -0.15) is 0 Å². The van der Waals surface area contributed by atoms with Crippen molar-refractivity contribution in [1.29, 1.82) is 0 Å². The SMILES string of the molecule is COc1ccc(C=C2SC(=O)N(Cc3ccc(Br)cc3)C2=O)cc1O. The molecule has 128 valence electrons. The first-order valence-corrected chi connectivity index (χ1v) is 8.95. The second kappa shape index (κ2) is 7.33. The number of benzene rings is 2. The third kappa shape index (κ3) is 3.88. The molecule has 2 amide bonds. The number of halogens is 1. The summed E-state index contributed by atoms with van der Waals surface area (Å²) in [5.41, 5.74) is 1.49. The maximum absolute atomic E-state index is 12.5. The van der Waals surface area contributed by atoms with E-state index in [-0.39, 0.29) is 23.4 Å². The minimum absolute atomic E-state index is 0.0228. The lowest BCUT2D eigenvalue weighted by Crippen LogP contribution is -2.27. The molecule has 1 aliphatic rings. The lowest BCUT2D eigenvalue weighted by molar-refractivity contribution is -0.123. The lowest BCUT2D eigenvalue weighted by Gasteiger charge is -2.12. The quantitative estimate of drug-likeness (QED) is 0.743. The smallest absolute Gasteiger partial charge is 0.293 e. The molecular formula is C18H14BrNO4S. The first-order chi connectivity index (χ1) is 12.0. The lowest BCUT2D eigenvalue weighted by atomic mass is 10.1. The summed E-state index contributed by atoms with van der Waals surface area (Å²) >= 11 is 4.25. The van der Waals surface area contributed by atoms with Crippen LogP contribution in [0.25, 0.3) is 6.08 Å². The van der Waals surface area contributed by atoms with Crippen molar-refractivity contribution in [3.8, 4) is 11.5 Å². The highest BCUT2D eigenvalue weighted by atomic mass is 79.9. The zero-order valence-corrected chi connectivity index (χ0v) is 15.6. The molecule has 2 aromatic rings. The van der Waals surface area contributed by atoms with Crippen LogP contribution in [0.1, 0.15) is 11.1 Å². The van der Waals surface area contributed by atoms with E-state index in [0.717, 1.165) is 21.8 Å². The summed E-state index contributed by atoms with van der Waals surface area (Å²) in [7, 11) is 1.46. The van der Waals surface area contributed by atoms with Gasteiger partial charge in [0.1, 0.15) is 0 Å². The molecule has 1 saturated heterocycles. The second-order valence-corrected chi connectivity index (χ2v) is 7.23. The fourth-order valence-corrected chi connectivity index (χ4v) is 3.46. The summed E-state index contributed by atoms with van der Waals surface area (Å²) < 4.78 is 5.93. The van der Waals surface area contributed by atoms with Gasteiger partial charge in [-0.15, -0.1) is 0 Å². The Hall–Kier alpha value is -2.25. The van der Waals surface area contributed by atoms with Gasteiger partial charge >= 0.3 is 0 Å². The van der Waals surface area contributed by atoms with Crippen molar-refractivity contribution in [3.63, 3.8) is 0 Å². The molecule has 1 heterocycles. The summed E-state index contributed by atoms with van der Waals surface area (Å²) in [5.74, 6) is -0.0148. The predicted molar refractivity (Wildman–Crippen MR) is 100 cm³/mol. The van der Waals surface area contributed by atoms with Crippen molar-refractivity contribution >= 4 is 44.9 Å². The Labute approximate surface area is 157 Å². The number of thioether (sulfide) groups is 1. The van der Waals surface area contributed by atoms with E-state index in [0.29, 0.717) is 16.2 Å². The average Bonchev–Trinajstić information content (AvgIpc) is 2.84. The molecule has 0 spiro atoms. The Morgan fingerprint density at radius 3 is 2.56 bits per heavy atom. The Bertz CT molecular complexity index is 864. The van der Waals surface area contributed by atoms with Crippen LogP contribution < -0.4 is 4.74 Å². The van der Waals surface area contributed by atoms with Crippen LogP contribution in [0.2, 0.25) is 0 Å². The summed E-state index contributed by atoms with van der Waals surface area (Å²) in [6, 6.07) is 12.3. The molecule has 3 rings (SSSR count). The Morgan fingerprint density at radius 1 is 1.20 bits per heavy atom. The van der Waals surface area contributed by atoms with Gasteiger partial charge in [0.2, 0.25) is 0 Å². The number of carbonyl (C=O) groups is 2. The first kappa shape index (κ1) is 17.6. The summed E-state index contributed by atoms with van der Waals surface area (Å²) in [6.07, 6.45) is 1.59. The Balaban J connectivity index is 1.80. The van der Waals surface area contributed by atoms with Gasteiger partial charge in [-0.25, -0.2) is 0 Å². The minimum atomic E-state index is -0.340. The van der Waals surface area contributed by atoms with Gasteiger partial charge in [-0.3, -0.25) is 14.5 Å². The number of phenols is 1. The number of carbonyl (C=O) groups excluding carboxylic acids is 2. The molecule has 1 fully saturated rings. The van der Waals surface area contributed by atoms with Gasteiger partial charge in [-0.05, 0) is 53.2 Å². The second-order valence-electron chi connectivity index (χ2n) is 5.33. The van der Waals surface area contributed by atoms with Crippen molar-refractivity contribution in [2.45, 2.75) is 6.54 Å². The number of aromatic hydroxyl groups is 1. The van der Waals surface area contributed by atoms with Crippen LogP contribution in [0.3, 0.4) is 0 Å². The van der Waals surface area contributed by atoms with E-state index in [9.17, 15) is 14.7 Å². The molecule has 1 aliphatic heterocycles. The normalized spacial score (nSPS) is 15.9. The van der Waals surface area contributed by atoms with Crippen LogP contribution in [0.15, 0.2) is 51.8 Å². The van der Waals surface area contributed by atoms with Crippen LogP contribution in [-0.2, 0) is 11.3 Å². The van der Waals surface area contributed by atoms with Crippen LogP contribution in [0.5, 0.6) is 11.5 Å². The number of hydrogen-bond acceptors (Lipinski definition) is 5. The minimum Gasteiger partial charge on any atom is -0.504 e. The standard InChI is InChI=1S/C18H14BrNO4S/c1-24-15-7-4-12(8-14(15)21)9-16-17(22)20(18(23)25-16)10-11-2-5-13(19)6-3-11/h2-9,21H,10H2,1H3. The Morgan fingerprint density at radius 2 is 1.92 bits per heavy atom. The van der Waals surface area contributed by atoms with Crippen molar-refractivity contribution in [2.75, 3.05) is 7.11 Å². The molecule has 0 atom stereocenters. The molecular weight excluding hydrogens is 406 g/mol. The highest BCUT2D eigenvalue weighted by Gasteiger charge is 2.34. The van der Waals surface area contributed by atoms with Gasteiger partial charge in [-0.1, -0.05) is 34.1 Å². The van der Waals surface area contributed by atoms with E-state index in [4.69, 9.17) is 4.74 Å². The first-order valence-electron chi connectivity index (χ1n) is 7.35. The molecule has 7 heteroatoms. The third-order valence-electron chi connectivity index (χ3n) is 3.63. The van der Waals surface area contributed by atoms with E-state index >= 15 is 0 Å². The molecule has 0 bridgehead atoms. The van der Waals surface area contributed by atoms with E-state index in [1.807, 2.05) is 24.3 Å². The summed E-state index contributed by atoms with van der Waals surface area (Å²) in [4.78, 5) is 26.2. The number of ether oxygens (including phenoxy) is 1. The van der Waals surface area contributed by atoms with E-state index in [1.54, 1.807) is 18.2 Å². The van der Waals surface area contributed by atoms with Crippen LogP contribution in [-0.4, -0.2) is 28.3 Å². The van der Waals surface area contributed by atoms with Gasteiger partial charge in [0.25, 0.3) is 11.1 Å². The number of methoxy groups -OCH3 is 1. The van der Waals surface area contributed by atoms with Crippen LogP contribution in [0.4, 0.5) is 4.79 Å². The van der Waals surface area contributed by atoms with E-state index in [2.05, 4.69) is 15.9 Å². The topological polar surface area (TPSA) is 66.8 Å². The molecule has 2 aromatic carbocycles. The Kier molecular flexibility index (Phi) is 5.15. The number of hydrogen-bond donors (Lipinski definition) is 1. The molecule has 0 aliphatic carbocycles. The van der Waals surface area contributed by atoms with Gasteiger partial charge in [0.15, 0.2) is 11.5 Å². The predicted octanol–water partition coefficient (Wildman–Crippen LogP) is 4.40. The van der Waals surface area contributed by atoms with Crippen molar-refractivity contribution < 1.29 is 19.4 Å². The number of phenolic OH excluding ortho intramolecular Hbond substituents is 1. The zero-order chi connectivity index (χ0) is 18.0. The average molecular weight is 420 g/mol. The molecule has 0 aromatic heterocycles. The number of imide groups is 1. The molecule has 0 radical (unpaired) electrons. The number of amides is 2. The fourth-order valence-electron chi connectivity index (χ4n) is 2.36. The van der Waals surface area contributed by atoms with E-state index < -0.39 is 0 Å². The maximum Gasteiger partial charge on any atom is 0.293 e. The van der Waals surface area contributed by atoms with Crippen molar-refractivity contribution in [2.24, 2.45) is 0 Å². The molecule has 0 saturated carbocycles. The highest BCUT2D eigenvalue weighted by molar-refractivity contribution is 9.10. The van der Waals surface area contributed by atoms with Crippen LogP contribution >= 0.6 is 27.7 Å². The van der Waals surface area contributed by atoms with Gasteiger partial charge < -0.3 is 9.84 Å².